The van der Waals surface area contributed by atoms with Gasteiger partial charge in [-0.2, -0.15) is 0 Å². The van der Waals surface area contributed by atoms with Crippen LogP contribution >= 0.6 is 11.3 Å². The van der Waals surface area contributed by atoms with Crippen molar-refractivity contribution in [3.05, 3.63) is 16.3 Å². The number of nitrogens with zero attached hydrogens (tertiary/aromatic N) is 4. The Kier molecular flexibility index (Phi) is 6.91. The van der Waals surface area contributed by atoms with Crippen LogP contribution in [0.3, 0.4) is 0 Å². The van der Waals surface area contributed by atoms with Crippen LogP contribution in [-0.2, 0) is 24.1 Å². The van der Waals surface area contributed by atoms with Crippen molar-refractivity contribution in [3.63, 3.8) is 0 Å². The van der Waals surface area contributed by atoms with Crippen LogP contribution in [0.4, 0.5) is 5.82 Å². The maximum Gasteiger partial charge on any atom is 0.222 e. The number of aryl methyl sites for hydroxylation is 2. The van der Waals surface area contributed by atoms with Gasteiger partial charge in [-0.05, 0) is 43.6 Å². The zero-order chi connectivity index (χ0) is 21.1. The van der Waals surface area contributed by atoms with Crippen molar-refractivity contribution in [3.8, 4) is 0 Å². The van der Waals surface area contributed by atoms with Crippen LogP contribution in [0.5, 0.6) is 0 Å². The Labute approximate surface area is 184 Å². The standard InChI is InChI=1S/C24H36N4OS/c1-4-6-8-20-25-23(28-14-12-27(13-15-28)21(29)9-7-5-2)22-18-11-10-17(3)16-19(18)30-24(22)26-20/h17H,4-16H2,1-3H3/t17-/m1/s1. The number of hydrogen-bond acceptors (Lipinski definition) is 5. The predicted octanol–water partition coefficient (Wildman–Crippen LogP) is 5.00. The van der Waals surface area contributed by atoms with Gasteiger partial charge in [0.1, 0.15) is 16.5 Å². The molecule has 2 aromatic heterocycles. The lowest BCUT2D eigenvalue weighted by Crippen LogP contribution is -2.49. The Bertz CT molecular complexity index is 885. The molecule has 164 valence electrons. The van der Waals surface area contributed by atoms with Crippen LogP contribution in [0.1, 0.15) is 75.6 Å². The first kappa shape index (κ1) is 21.5. The van der Waals surface area contributed by atoms with Crippen molar-refractivity contribution in [1.82, 2.24) is 14.9 Å². The summed E-state index contributed by atoms with van der Waals surface area (Å²) in [5.74, 6) is 3.21. The summed E-state index contributed by atoms with van der Waals surface area (Å²) in [6.07, 6.45) is 9.59. The summed E-state index contributed by atoms with van der Waals surface area (Å²) in [5, 5.41) is 1.31. The molecular formula is C24H36N4OS. The van der Waals surface area contributed by atoms with E-state index in [1.807, 2.05) is 16.2 Å². The lowest BCUT2D eigenvalue weighted by atomic mass is 9.89. The molecule has 1 atom stereocenters. The fraction of sp³-hybridized carbons (Fsp3) is 0.708. The first-order chi connectivity index (χ1) is 14.6. The minimum absolute atomic E-state index is 0.315. The molecule has 1 fully saturated rings. The van der Waals surface area contributed by atoms with Crippen molar-refractivity contribution in [2.24, 2.45) is 5.92 Å². The molecule has 5 nitrogen and oxygen atoms in total. The number of hydrogen-bond donors (Lipinski definition) is 0. The average Bonchev–Trinajstić information content (AvgIpc) is 3.12. The van der Waals surface area contributed by atoms with E-state index in [-0.39, 0.29) is 0 Å². The molecule has 1 amide bonds. The second-order valence-corrected chi connectivity index (χ2v) is 10.2. The zero-order valence-electron chi connectivity index (χ0n) is 18.9. The van der Waals surface area contributed by atoms with Crippen LogP contribution in [0.2, 0.25) is 0 Å². The maximum absolute atomic E-state index is 12.4. The molecule has 30 heavy (non-hydrogen) atoms. The third-order valence-corrected chi connectivity index (χ3v) is 7.76. The summed E-state index contributed by atoms with van der Waals surface area (Å²) >= 11 is 1.90. The Morgan fingerprint density at radius 2 is 1.87 bits per heavy atom. The van der Waals surface area contributed by atoms with E-state index >= 15 is 0 Å². The van der Waals surface area contributed by atoms with E-state index in [4.69, 9.17) is 9.97 Å². The Morgan fingerprint density at radius 3 is 2.60 bits per heavy atom. The number of fused-ring (bicyclic) bond motifs is 3. The summed E-state index contributed by atoms with van der Waals surface area (Å²) < 4.78 is 0. The summed E-state index contributed by atoms with van der Waals surface area (Å²) in [4.78, 5) is 29.7. The number of anilines is 1. The third-order valence-electron chi connectivity index (χ3n) is 6.61. The van der Waals surface area contributed by atoms with Gasteiger partial charge in [0.05, 0.1) is 5.39 Å². The molecule has 0 unspecified atom stereocenters. The fourth-order valence-electron chi connectivity index (χ4n) is 4.70. The van der Waals surface area contributed by atoms with Crippen LogP contribution in [0.25, 0.3) is 10.2 Å². The number of carbonyl (C=O) groups excluding carboxylic acids is 1. The van der Waals surface area contributed by atoms with Gasteiger partial charge >= 0.3 is 0 Å². The van der Waals surface area contributed by atoms with Gasteiger partial charge in [-0.1, -0.05) is 33.6 Å². The minimum atomic E-state index is 0.315. The Balaban J connectivity index is 1.61. The van der Waals surface area contributed by atoms with E-state index < -0.39 is 0 Å². The van der Waals surface area contributed by atoms with Gasteiger partial charge in [0.15, 0.2) is 0 Å². The van der Waals surface area contributed by atoms with Gasteiger partial charge in [0.25, 0.3) is 0 Å². The van der Waals surface area contributed by atoms with Gasteiger partial charge < -0.3 is 9.80 Å². The largest absolute Gasteiger partial charge is 0.352 e. The van der Waals surface area contributed by atoms with E-state index in [1.54, 1.807) is 0 Å². The third kappa shape index (κ3) is 4.48. The number of unbranched alkanes of at least 4 members (excludes halogenated alkanes) is 2. The molecule has 2 aromatic rings. The fourth-order valence-corrected chi connectivity index (χ4v) is 6.09. The summed E-state index contributed by atoms with van der Waals surface area (Å²) in [6, 6.07) is 0. The molecule has 6 heteroatoms. The molecule has 0 N–H and O–H groups in total. The molecule has 0 bridgehead atoms. The van der Waals surface area contributed by atoms with E-state index in [0.717, 1.165) is 82.3 Å². The van der Waals surface area contributed by atoms with Gasteiger partial charge in [-0.3, -0.25) is 4.79 Å². The molecule has 0 spiro atoms. The quantitative estimate of drug-likeness (QED) is 0.623. The normalized spacial score (nSPS) is 19.4. The SMILES string of the molecule is CCCCC(=O)N1CCN(c2nc(CCCC)nc3sc4c(c23)CC[C@@H](C)C4)CC1. The number of rotatable bonds is 7. The minimum Gasteiger partial charge on any atom is -0.352 e. The Hall–Kier alpha value is -1.69. The van der Waals surface area contributed by atoms with Crippen LogP contribution in [0, 0.1) is 5.92 Å². The van der Waals surface area contributed by atoms with Crippen molar-refractivity contribution in [2.75, 3.05) is 31.1 Å². The molecule has 1 saturated heterocycles. The van der Waals surface area contributed by atoms with Crippen molar-refractivity contribution < 1.29 is 4.79 Å². The number of thiophene rings is 1. The second-order valence-electron chi connectivity index (χ2n) is 9.07. The van der Waals surface area contributed by atoms with E-state index in [2.05, 4.69) is 25.7 Å². The van der Waals surface area contributed by atoms with Gasteiger partial charge in [0, 0.05) is 43.9 Å². The van der Waals surface area contributed by atoms with Crippen LogP contribution in [-0.4, -0.2) is 47.0 Å². The highest BCUT2D eigenvalue weighted by atomic mass is 32.1. The molecule has 3 heterocycles. The highest BCUT2D eigenvalue weighted by Crippen LogP contribution is 2.41. The second kappa shape index (κ2) is 9.63. The topological polar surface area (TPSA) is 49.3 Å². The maximum atomic E-state index is 12.4. The summed E-state index contributed by atoms with van der Waals surface area (Å²) in [6.45, 7) is 10.1. The summed E-state index contributed by atoms with van der Waals surface area (Å²) in [5.41, 5.74) is 1.51. The van der Waals surface area contributed by atoms with Crippen molar-refractivity contribution in [1.29, 1.82) is 0 Å². The lowest BCUT2D eigenvalue weighted by molar-refractivity contribution is -0.131. The first-order valence-corrected chi connectivity index (χ1v) is 12.8. The molecule has 1 aliphatic heterocycles. The molecular weight excluding hydrogens is 392 g/mol. The molecule has 0 saturated carbocycles. The predicted molar refractivity (Wildman–Crippen MR) is 126 cm³/mol. The molecule has 4 rings (SSSR count). The molecule has 0 radical (unpaired) electrons. The average molecular weight is 429 g/mol. The Morgan fingerprint density at radius 1 is 1.10 bits per heavy atom. The van der Waals surface area contributed by atoms with Gasteiger partial charge in [-0.15, -0.1) is 11.3 Å². The van der Waals surface area contributed by atoms with Crippen LogP contribution in [0.15, 0.2) is 0 Å². The highest BCUT2D eigenvalue weighted by molar-refractivity contribution is 7.19. The van der Waals surface area contributed by atoms with Crippen molar-refractivity contribution in [2.45, 2.75) is 78.6 Å². The smallest absolute Gasteiger partial charge is 0.222 e. The van der Waals surface area contributed by atoms with Crippen molar-refractivity contribution >= 4 is 33.3 Å². The zero-order valence-corrected chi connectivity index (χ0v) is 19.7. The molecule has 2 aliphatic rings. The molecule has 0 aromatic carbocycles. The van der Waals surface area contributed by atoms with E-state index in [9.17, 15) is 4.79 Å². The highest BCUT2D eigenvalue weighted by Gasteiger charge is 2.28. The number of aromatic nitrogens is 2. The van der Waals surface area contributed by atoms with Gasteiger partial charge in [-0.25, -0.2) is 9.97 Å². The van der Waals surface area contributed by atoms with Crippen LogP contribution < -0.4 is 4.90 Å². The number of piperazine rings is 1. The number of carbonyl (C=O) groups is 1. The molecule has 1 aliphatic carbocycles. The number of amides is 1. The lowest BCUT2D eigenvalue weighted by Gasteiger charge is -2.36. The van der Waals surface area contributed by atoms with Gasteiger partial charge in [0.2, 0.25) is 5.91 Å². The van der Waals surface area contributed by atoms with E-state index in [1.165, 1.54) is 33.5 Å². The first-order valence-electron chi connectivity index (χ1n) is 11.9. The summed E-state index contributed by atoms with van der Waals surface area (Å²) in [7, 11) is 0. The van der Waals surface area contributed by atoms with E-state index in [0.29, 0.717) is 12.3 Å². The monoisotopic (exact) mass is 428 g/mol.